The van der Waals surface area contributed by atoms with Crippen LogP contribution in [0.2, 0.25) is 0 Å². The summed E-state index contributed by atoms with van der Waals surface area (Å²) in [4.78, 5) is 23.3. The van der Waals surface area contributed by atoms with Crippen molar-refractivity contribution < 1.29 is 9.90 Å². The highest BCUT2D eigenvalue weighted by Gasteiger charge is 2.13. The van der Waals surface area contributed by atoms with Gasteiger partial charge in [-0.15, -0.1) is 10.2 Å². The van der Waals surface area contributed by atoms with Crippen molar-refractivity contribution in [1.82, 2.24) is 19.8 Å². The molecule has 0 aliphatic heterocycles. The Balaban J connectivity index is 1.92. The van der Waals surface area contributed by atoms with Crippen LogP contribution < -0.4 is 5.56 Å². The van der Waals surface area contributed by atoms with E-state index in [0.717, 1.165) is 5.56 Å². The summed E-state index contributed by atoms with van der Waals surface area (Å²) in [6, 6.07) is 9.52. The predicted molar refractivity (Wildman–Crippen MR) is 80.1 cm³/mol. The highest BCUT2D eigenvalue weighted by molar-refractivity contribution is 7.16. The molecule has 22 heavy (non-hydrogen) atoms. The van der Waals surface area contributed by atoms with Crippen LogP contribution in [0.3, 0.4) is 0 Å². The summed E-state index contributed by atoms with van der Waals surface area (Å²) in [5.41, 5.74) is 0.973. The van der Waals surface area contributed by atoms with Crippen molar-refractivity contribution in [2.45, 2.75) is 19.3 Å². The lowest BCUT2D eigenvalue weighted by molar-refractivity contribution is -0.136. The normalized spacial score (nSPS) is 10.9. The molecular formula is C14H12N4O3S. The van der Waals surface area contributed by atoms with Gasteiger partial charge in [0.05, 0.1) is 6.42 Å². The molecule has 0 aliphatic carbocycles. The minimum atomic E-state index is -0.901. The van der Waals surface area contributed by atoms with Crippen molar-refractivity contribution in [3.8, 4) is 0 Å². The largest absolute Gasteiger partial charge is 0.481 e. The van der Waals surface area contributed by atoms with E-state index in [1.165, 1.54) is 15.9 Å². The summed E-state index contributed by atoms with van der Waals surface area (Å²) in [5.74, 6) is -0.901. The van der Waals surface area contributed by atoms with Crippen LogP contribution in [-0.4, -0.2) is 30.9 Å². The minimum absolute atomic E-state index is 0.0289. The number of hydrogen-bond donors (Lipinski definition) is 1. The first kappa shape index (κ1) is 14.3. The number of nitrogens with zero attached hydrogens (tertiary/aromatic N) is 4. The van der Waals surface area contributed by atoms with E-state index in [1.807, 2.05) is 30.3 Å². The van der Waals surface area contributed by atoms with E-state index in [1.54, 1.807) is 0 Å². The number of hydrogen-bond acceptors (Lipinski definition) is 6. The Hall–Kier alpha value is -2.61. The van der Waals surface area contributed by atoms with Gasteiger partial charge in [-0.05, 0) is 5.56 Å². The van der Waals surface area contributed by atoms with E-state index in [9.17, 15) is 9.59 Å². The molecule has 0 bridgehead atoms. The average Bonchev–Trinajstić information content (AvgIpc) is 2.93. The van der Waals surface area contributed by atoms with Crippen molar-refractivity contribution >= 4 is 22.3 Å². The molecule has 0 amide bonds. The summed E-state index contributed by atoms with van der Waals surface area (Å²) < 4.78 is 1.20. The van der Waals surface area contributed by atoms with Gasteiger partial charge in [-0.1, -0.05) is 41.7 Å². The third-order valence-corrected chi connectivity index (χ3v) is 4.02. The van der Waals surface area contributed by atoms with E-state index in [2.05, 4.69) is 15.3 Å². The predicted octanol–water partition coefficient (Wildman–Crippen LogP) is 1.15. The first-order valence-electron chi connectivity index (χ1n) is 6.63. The van der Waals surface area contributed by atoms with Crippen molar-refractivity contribution in [3.63, 3.8) is 0 Å². The molecule has 0 spiro atoms. The first-order valence-corrected chi connectivity index (χ1v) is 7.45. The molecule has 1 N–H and O–H groups in total. The number of fused-ring (bicyclic) bond motifs is 1. The van der Waals surface area contributed by atoms with Gasteiger partial charge >= 0.3 is 5.97 Å². The van der Waals surface area contributed by atoms with E-state index in [-0.39, 0.29) is 18.4 Å². The summed E-state index contributed by atoms with van der Waals surface area (Å²) in [6.07, 6.45) is 0.632. The monoisotopic (exact) mass is 316 g/mol. The fraction of sp³-hybridized carbons (Fsp3) is 0.214. The summed E-state index contributed by atoms with van der Waals surface area (Å²) >= 11 is 1.18. The maximum absolute atomic E-state index is 12.4. The molecule has 112 valence electrons. The van der Waals surface area contributed by atoms with Crippen molar-refractivity contribution in [3.05, 3.63) is 57.0 Å². The van der Waals surface area contributed by atoms with Gasteiger partial charge < -0.3 is 5.11 Å². The van der Waals surface area contributed by atoms with Gasteiger partial charge in [-0.2, -0.15) is 9.61 Å². The first-order chi connectivity index (χ1) is 10.6. The molecule has 3 rings (SSSR count). The molecule has 3 aromatic rings. The van der Waals surface area contributed by atoms with Crippen LogP contribution in [-0.2, 0) is 17.6 Å². The average molecular weight is 316 g/mol. The van der Waals surface area contributed by atoms with E-state index in [0.29, 0.717) is 22.1 Å². The van der Waals surface area contributed by atoms with Crippen LogP contribution in [0.4, 0.5) is 0 Å². The second-order valence-corrected chi connectivity index (χ2v) is 5.74. The standard InChI is InChI=1S/C14H12N4O3S/c19-12(20)7-6-11-17-18-13(21)10(15-16-14(18)22-11)8-9-4-2-1-3-5-9/h1-5H,6-8H2,(H,19,20). The molecule has 1 aromatic carbocycles. The lowest BCUT2D eigenvalue weighted by Gasteiger charge is -1.99. The second kappa shape index (κ2) is 6.02. The van der Waals surface area contributed by atoms with Gasteiger partial charge in [0.1, 0.15) is 10.7 Å². The van der Waals surface area contributed by atoms with Crippen LogP contribution in [0.25, 0.3) is 4.96 Å². The smallest absolute Gasteiger partial charge is 0.303 e. The number of aromatic nitrogens is 4. The number of aliphatic carboxylic acids is 1. The zero-order valence-corrected chi connectivity index (χ0v) is 12.3. The SMILES string of the molecule is O=C(O)CCc1nn2c(=O)c(Cc3ccccc3)nnc2s1. The summed E-state index contributed by atoms with van der Waals surface area (Å²) in [6.45, 7) is 0. The Morgan fingerprint density at radius 1 is 1.23 bits per heavy atom. The lowest BCUT2D eigenvalue weighted by Crippen LogP contribution is -2.22. The topological polar surface area (TPSA) is 97.4 Å². The van der Waals surface area contributed by atoms with Gasteiger partial charge in [0, 0.05) is 12.8 Å². The second-order valence-electron chi connectivity index (χ2n) is 4.70. The molecule has 0 saturated carbocycles. The maximum Gasteiger partial charge on any atom is 0.303 e. The van der Waals surface area contributed by atoms with Gasteiger partial charge in [-0.3, -0.25) is 9.59 Å². The van der Waals surface area contributed by atoms with E-state index < -0.39 is 5.97 Å². The molecule has 0 aliphatic rings. The van der Waals surface area contributed by atoms with Crippen molar-refractivity contribution in [2.75, 3.05) is 0 Å². The molecular weight excluding hydrogens is 304 g/mol. The number of rotatable bonds is 5. The molecule has 0 unspecified atom stereocenters. The minimum Gasteiger partial charge on any atom is -0.481 e. The third kappa shape index (κ3) is 3.01. The zero-order chi connectivity index (χ0) is 15.5. The number of carboxylic acids is 1. The third-order valence-electron chi connectivity index (χ3n) is 3.06. The number of benzene rings is 1. The molecule has 7 nitrogen and oxygen atoms in total. The molecule has 0 saturated heterocycles. The van der Waals surface area contributed by atoms with Gasteiger partial charge in [-0.25, -0.2) is 0 Å². The molecule has 0 fully saturated rings. The van der Waals surface area contributed by atoms with E-state index in [4.69, 9.17) is 5.11 Å². The fourth-order valence-corrected chi connectivity index (χ4v) is 2.83. The molecule has 8 heteroatoms. The molecule has 2 aromatic heterocycles. The molecule has 0 atom stereocenters. The number of carbonyl (C=O) groups is 1. The van der Waals surface area contributed by atoms with Gasteiger partial charge in [0.15, 0.2) is 0 Å². The Labute approximate surface area is 128 Å². The highest BCUT2D eigenvalue weighted by Crippen LogP contribution is 2.12. The Bertz CT molecular complexity index is 873. The molecule has 0 radical (unpaired) electrons. The van der Waals surface area contributed by atoms with E-state index >= 15 is 0 Å². The maximum atomic E-state index is 12.4. The zero-order valence-electron chi connectivity index (χ0n) is 11.5. The Kier molecular flexibility index (Phi) is 3.92. The lowest BCUT2D eigenvalue weighted by atomic mass is 10.1. The highest BCUT2D eigenvalue weighted by atomic mass is 32.1. The number of aryl methyl sites for hydroxylation is 1. The van der Waals surface area contributed by atoms with Crippen LogP contribution in [0, 0.1) is 0 Å². The van der Waals surface area contributed by atoms with Gasteiger partial charge in [0.25, 0.3) is 5.56 Å². The van der Waals surface area contributed by atoms with Crippen LogP contribution in [0.15, 0.2) is 35.1 Å². The summed E-state index contributed by atoms with van der Waals surface area (Å²) in [5, 5.41) is 21.4. The Morgan fingerprint density at radius 3 is 2.73 bits per heavy atom. The fourth-order valence-electron chi connectivity index (χ4n) is 2.00. The quantitative estimate of drug-likeness (QED) is 0.758. The van der Waals surface area contributed by atoms with Crippen LogP contribution >= 0.6 is 11.3 Å². The van der Waals surface area contributed by atoms with Crippen molar-refractivity contribution in [1.29, 1.82) is 0 Å². The Morgan fingerprint density at radius 2 is 2.00 bits per heavy atom. The molecule has 2 heterocycles. The number of carboxylic acid groups (broad SMARTS) is 1. The van der Waals surface area contributed by atoms with Crippen LogP contribution in [0.1, 0.15) is 22.7 Å². The van der Waals surface area contributed by atoms with Gasteiger partial charge in [0.2, 0.25) is 4.96 Å². The van der Waals surface area contributed by atoms with Crippen LogP contribution in [0.5, 0.6) is 0 Å². The summed E-state index contributed by atoms with van der Waals surface area (Å²) in [7, 11) is 0. The van der Waals surface area contributed by atoms with Crippen molar-refractivity contribution in [2.24, 2.45) is 0 Å².